The van der Waals surface area contributed by atoms with E-state index < -0.39 is 5.97 Å². The molecule has 0 bridgehead atoms. The van der Waals surface area contributed by atoms with Crippen LogP contribution < -0.4 is 10.5 Å². The van der Waals surface area contributed by atoms with Gasteiger partial charge < -0.3 is 15.6 Å². The number of ether oxygens (including phenoxy) is 1. The highest BCUT2D eigenvalue weighted by Gasteiger charge is 2.11. The highest BCUT2D eigenvalue weighted by Crippen LogP contribution is 2.25. The first kappa shape index (κ1) is 12.9. The SMILES string of the molecule is CCCn1cc(Oc2nc(C(=O)O)ccc2N)cn1. The lowest BCUT2D eigenvalue weighted by atomic mass is 10.3. The van der Waals surface area contributed by atoms with Gasteiger partial charge in [0.15, 0.2) is 11.4 Å². The van der Waals surface area contributed by atoms with Gasteiger partial charge in [-0.05, 0) is 18.6 Å². The van der Waals surface area contributed by atoms with E-state index in [2.05, 4.69) is 10.1 Å². The van der Waals surface area contributed by atoms with Crippen molar-refractivity contribution in [3.8, 4) is 11.6 Å². The van der Waals surface area contributed by atoms with Gasteiger partial charge in [-0.15, -0.1) is 0 Å². The number of anilines is 1. The summed E-state index contributed by atoms with van der Waals surface area (Å²) in [6.07, 6.45) is 4.19. The number of hydrogen-bond donors (Lipinski definition) is 2. The largest absolute Gasteiger partial charge is 0.477 e. The van der Waals surface area contributed by atoms with Crippen molar-refractivity contribution in [2.24, 2.45) is 0 Å². The lowest BCUT2D eigenvalue weighted by Gasteiger charge is -2.05. The second kappa shape index (κ2) is 5.38. The highest BCUT2D eigenvalue weighted by atomic mass is 16.5. The number of hydrogen-bond acceptors (Lipinski definition) is 5. The highest BCUT2D eigenvalue weighted by molar-refractivity contribution is 5.86. The Kier molecular flexibility index (Phi) is 3.65. The van der Waals surface area contributed by atoms with E-state index >= 15 is 0 Å². The third-order valence-electron chi connectivity index (χ3n) is 2.39. The molecule has 2 aromatic rings. The molecular formula is C12H14N4O3. The third kappa shape index (κ3) is 3.01. The van der Waals surface area contributed by atoms with Crippen LogP contribution in [-0.4, -0.2) is 25.8 Å². The zero-order valence-corrected chi connectivity index (χ0v) is 10.4. The van der Waals surface area contributed by atoms with Crippen LogP contribution in [0.4, 0.5) is 5.69 Å². The quantitative estimate of drug-likeness (QED) is 0.851. The molecule has 0 amide bonds. The van der Waals surface area contributed by atoms with Crippen molar-refractivity contribution in [3.05, 3.63) is 30.2 Å². The van der Waals surface area contributed by atoms with Crippen LogP contribution in [0.1, 0.15) is 23.8 Å². The van der Waals surface area contributed by atoms with Gasteiger partial charge in [0, 0.05) is 6.54 Å². The van der Waals surface area contributed by atoms with Crippen molar-refractivity contribution in [1.82, 2.24) is 14.8 Å². The predicted molar refractivity (Wildman–Crippen MR) is 68.2 cm³/mol. The van der Waals surface area contributed by atoms with Crippen LogP contribution in [0.25, 0.3) is 0 Å². The molecular weight excluding hydrogens is 248 g/mol. The van der Waals surface area contributed by atoms with Crippen LogP contribution in [0.5, 0.6) is 11.6 Å². The number of aryl methyl sites for hydroxylation is 1. The first-order valence-corrected chi connectivity index (χ1v) is 5.80. The van der Waals surface area contributed by atoms with Crippen molar-refractivity contribution in [2.45, 2.75) is 19.9 Å². The molecule has 0 unspecified atom stereocenters. The van der Waals surface area contributed by atoms with E-state index in [1.54, 1.807) is 10.9 Å². The van der Waals surface area contributed by atoms with E-state index in [0.717, 1.165) is 13.0 Å². The zero-order chi connectivity index (χ0) is 13.8. The van der Waals surface area contributed by atoms with Gasteiger partial charge in [-0.1, -0.05) is 6.92 Å². The van der Waals surface area contributed by atoms with Gasteiger partial charge in [0.1, 0.15) is 0 Å². The Hall–Kier alpha value is -2.57. The number of carbonyl (C=O) groups is 1. The van der Waals surface area contributed by atoms with Crippen LogP contribution in [0.2, 0.25) is 0 Å². The monoisotopic (exact) mass is 262 g/mol. The molecule has 2 heterocycles. The number of nitrogens with two attached hydrogens (primary N) is 1. The molecule has 0 aliphatic rings. The molecule has 2 rings (SSSR count). The second-order valence-corrected chi connectivity index (χ2v) is 3.94. The topological polar surface area (TPSA) is 103 Å². The van der Waals surface area contributed by atoms with Crippen LogP contribution in [-0.2, 0) is 6.54 Å². The molecule has 0 saturated carbocycles. The molecule has 100 valence electrons. The maximum atomic E-state index is 10.8. The lowest BCUT2D eigenvalue weighted by molar-refractivity contribution is 0.0689. The van der Waals surface area contributed by atoms with Gasteiger partial charge in [-0.2, -0.15) is 5.10 Å². The van der Waals surface area contributed by atoms with E-state index in [-0.39, 0.29) is 17.3 Å². The Balaban J connectivity index is 2.21. The standard InChI is InChI=1S/C12H14N4O3/c1-2-5-16-7-8(6-14-16)19-11-9(13)3-4-10(15-11)12(17)18/h3-4,6-7H,2,5,13H2,1H3,(H,17,18). The van der Waals surface area contributed by atoms with Gasteiger partial charge in [0.25, 0.3) is 0 Å². The summed E-state index contributed by atoms with van der Waals surface area (Å²) in [6, 6.07) is 2.77. The molecule has 0 atom stereocenters. The number of aromatic nitrogens is 3. The van der Waals surface area contributed by atoms with Crippen LogP contribution in [0, 0.1) is 0 Å². The molecule has 3 N–H and O–H groups in total. The molecule has 0 fully saturated rings. The molecule has 7 heteroatoms. The van der Waals surface area contributed by atoms with Gasteiger partial charge in [-0.3, -0.25) is 4.68 Å². The molecule has 2 aromatic heterocycles. The number of nitrogens with zero attached hydrogens (tertiary/aromatic N) is 3. The second-order valence-electron chi connectivity index (χ2n) is 3.94. The van der Waals surface area contributed by atoms with Crippen molar-refractivity contribution >= 4 is 11.7 Å². The Morgan fingerprint density at radius 3 is 3.00 bits per heavy atom. The Labute approximate surface area is 109 Å². The summed E-state index contributed by atoms with van der Waals surface area (Å²) in [5.41, 5.74) is 5.85. The molecule has 0 aliphatic heterocycles. The fourth-order valence-electron chi connectivity index (χ4n) is 1.51. The molecule has 19 heavy (non-hydrogen) atoms. The average molecular weight is 262 g/mol. The first-order chi connectivity index (χ1) is 9.10. The summed E-state index contributed by atoms with van der Waals surface area (Å²) in [4.78, 5) is 14.7. The lowest BCUT2D eigenvalue weighted by Crippen LogP contribution is -2.03. The van der Waals surface area contributed by atoms with Crippen molar-refractivity contribution in [2.75, 3.05) is 5.73 Å². The maximum Gasteiger partial charge on any atom is 0.354 e. The smallest absolute Gasteiger partial charge is 0.354 e. The number of nitrogen functional groups attached to an aromatic ring is 1. The summed E-state index contributed by atoms with van der Waals surface area (Å²) >= 11 is 0. The molecule has 0 aromatic carbocycles. The minimum absolute atomic E-state index is 0.0657. The minimum atomic E-state index is -1.13. The van der Waals surface area contributed by atoms with E-state index in [9.17, 15) is 4.79 Å². The molecule has 7 nitrogen and oxygen atoms in total. The third-order valence-corrected chi connectivity index (χ3v) is 2.39. The minimum Gasteiger partial charge on any atom is -0.477 e. The summed E-state index contributed by atoms with van der Waals surface area (Å²) in [7, 11) is 0. The van der Waals surface area contributed by atoms with Gasteiger partial charge >= 0.3 is 5.97 Å². The van der Waals surface area contributed by atoms with Crippen LogP contribution in [0.15, 0.2) is 24.5 Å². The van der Waals surface area contributed by atoms with Crippen molar-refractivity contribution in [3.63, 3.8) is 0 Å². The van der Waals surface area contributed by atoms with Gasteiger partial charge in [0.2, 0.25) is 5.88 Å². The van der Waals surface area contributed by atoms with Gasteiger partial charge in [-0.25, -0.2) is 9.78 Å². The molecule has 0 radical (unpaired) electrons. The summed E-state index contributed by atoms with van der Waals surface area (Å²) in [6.45, 7) is 2.82. The van der Waals surface area contributed by atoms with E-state index in [0.29, 0.717) is 5.75 Å². The van der Waals surface area contributed by atoms with E-state index in [1.165, 1.54) is 18.3 Å². The summed E-state index contributed by atoms with van der Waals surface area (Å²) < 4.78 is 7.17. The number of aromatic carboxylic acids is 1. The predicted octanol–water partition coefficient (Wildman–Crippen LogP) is 1.76. The van der Waals surface area contributed by atoms with Crippen molar-refractivity contribution < 1.29 is 14.6 Å². The van der Waals surface area contributed by atoms with E-state index in [4.69, 9.17) is 15.6 Å². The molecule has 0 saturated heterocycles. The number of carboxylic acid groups (broad SMARTS) is 1. The summed E-state index contributed by atoms with van der Waals surface area (Å²) in [5, 5.41) is 13.0. The van der Waals surface area contributed by atoms with Crippen LogP contribution in [0.3, 0.4) is 0 Å². The summed E-state index contributed by atoms with van der Waals surface area (Å²) in [5.74, 6) is -0.599. The maximum absolute atomic E-state index is 10.8. The fourth-order valence-corrected chi connectivity index (χ4v) is 1.51. The Morgan fingerprint density at radius 1 is 1.53 bits per heavy atom. The van der Waals surface area contributed by atoms with Crippen LogP contribution >= 0.6 is 0 Å². The van der Waals surface area contributed by atoms with Gasteiger partial charge in [0.05, 0.1) is 18.1 Å². The van der Waals surface area contributed by atoms with E-state index in [1.807, 2.05) is 6.92 Å². The Bertz CT molecular complexity index is 594. The first-order valence-electron chi connectivity index (χ1n) is 5.80. The fraction of sp³-hybridized carbons (Fsp3) is 0.250. The Morgan fingerprint density at radius 2 is 2.32 bits per heavy atom. The number of carboxylic acids is 1. The zero-order valence-electron chi connectivity index (χ0n) is 10.4. The number of rotatable bonds is 5. The molecule has 0 aliphatic carbocycles. The average Bonchev–Trinajstić information content (AvgIpc) is 2.80. The number of pyridine rings is 1. The van der Waals surface area contributed by atoms with Crippen molar-refractivity contribution in [1.29, 1.82) is 0 Å². The normalized spacial score (nSPS) is 10.4. The molecule has 0 spiro atoms.